The van der Waals surface area contributed by atoms with Gasteiger partial charge in [0, 0.05) is 11.8 Å². The van der Waals surface area contributed by atoms with Crippen molar-refractivity contribution in [2.45, 2.75) is 19.8 Å². The van der Waals surface area contributed by atoms with E-state index < -0.39 is 0 Å². The monoisotopic (exact) mass is 331 g/mol. The van der Waals surface area contributed by atoms with Crippen molar-refractivity contribution in [3.8, 4) is 0 Å². The Balaban J connectivity index is 0.00000192. The summed E-state index contributed by atoms with van der Waals surface area (Å²) in [5.74, 6) is 1.20. The number of halogens is 1. The molecule has 1 aliphatic heterocycles. The minimum absolute atomic E-state index is 0. The molecule has 23 heavy (non-hydrogen) atoms. The molecule has 5 heteroatoms. The van der Waals surface area contributed by atoms with E-state index in [1.54, 1.807) is 6.20 Å². The van der Waals surface area contributed by atoms with Crippen molar-refractivity contribution >= 4 is 24.1 Å². The molecule has 1 unspecified atom stereocenters. The summed E-state index contributed by atoms with van der Waals surface area (Å²) in [6.07, 6.45) is 3.92. The number of pyridine rings is 1. The molecule has 0 radical (unpaired) electrons. The van der Waals surface area contributed by atoms with E-state index in [2.05, 4.69) is 21.7 Å². The molecule has 1 aliphatic rings. The van der Waals surface area contributed by atoms with Gasteiger partial charge in [0.2, 0.25) is 0 Å². The predicted octanol–water partition coefficient (Wildman–Crippen LogP) is 3.22. The van der Waals surface area contributed by atoms with Crippen molar-refractivity contribution in [1.29, 1.82) is 0 Å². The van der Waals surface area contributed by atoms with Gasteiger partial charge in [0.1, 0.15) is 5.82 Å². The smallest absolute Gasteiger partial charge is 0.256 e. The zero-order valence-corrected chi connectivity index (χ0v) is 14.0. The maximum atomic E-state index is 12.4. The molecule has 1 atom stereocenters. The van der Waals surface area contributed by atoms with E-state index in [1.807, 2.05) is 37.3 Å². The lowest BCUT2D eigenvalue weighted by molar-refractivity contribution is 0.102. The first kappa shape index (κ1) is 17.4. The second kappa shape index (κ2) is 8.09. The maximum absolute atomic E-state index is 12.4. The number of nitrogens with one attached hydrogen (secondary N) is 2. The van der Waals surface area contributed by atoms with Gasteiger partial charge in [-0.3, -0.25) is 4.79 Å². The van der Waals surface area contributed by atoms with E-state index >= 15 is 0 Å². The van der Waals surface area contributed by atoms with Gasteiger partial charge in [-0.05, 0) is 68.1 Å². The van der Waals surface area contributed by atoms with Gasteiger partial charge in [-0.15, -0.1) is 12.4 Å². The molecule has 2 heterocycles. The van der Waals surface area contributed by atoms with Gasteiger partial charge in [0.15, 0.2) is 0 Å². The van der Waals surface area contributed by atoms with Crippen LogP contribution in [0.4, 0.5) is 5.82 Å². The summed E-state index contributed by atoms with van der Waals surface area (Å²) in [5, 5.41) is 6.27. The largest absolute Gasteiger partial charge is 0.316 e. The van der Waals surface area contributed by atoms with E-state index in [0.29, 0.717) is 17.3 Å². The number of nitrogens with zero attached hydrogens (tertiary/aromatic N) is 1. The van der Waals surface area contributed by atoms with Crippen LogP contribution in [0.2, 0.25) is 0 Å². The van der Waals surface area contributed by atoms with Gasteiger partial charge in [-0.1, -0.05) is 18.2 Å². The van der Waals surface area contributed by atoms with Gasteiger partial charge in [0.25, 0.3) is 5.91 Å². The Morgan fingerprint density at radius 2 is 2.22 bits per heavy atom. The van der Waals surface area contributed by atoms with Crippen molar-refractivity contribution < 1.29 is 4.79 Å². The molecule has 0 saturated carbocycles. The van der Waals surface area contributed by atoms with Gasteiger partial charge in [-0.25, -0.2) is 4.98 Å². The fraction of sp³-hybridized carbons (Fsp3) is 0.333. The molecule has 0 aliphatic carbocycles. The Morgan fingerprint density at radius 3 is 2.96 bits per heavy atom. The topological polar surface area (TPSA) is 54.0 Å². The highest BCUT2D eigenvalue weighted by molar-refractivity contribution is 6.04. The lowest BCUT2D eigenvalue weighted by Gasteiger charge is -2.10. The Hall–Kier alpha value is -1.91. The molecular formula is C18H22ClN3O. The average molecular weight is 332 g/mol. The van der Waals surface area contributed by atoms with Gasteiger partial charge in [-0.2, -0.15) is 0 Å². The second-order valence-corrected chi connectivity index (χ2v) is 5.89. The molecule has 1 aromatic carbocycles. The van der Waals surface area contributed by atoms with Crippen LogP contribution < -0.4 is 10.6 Å². The summed E-state index contributed by atoms with van der Waals surface area (Å²) >= 11 is 0. The normalized spacial score (nSPS) is 16.7. The minimum Gasteiger partial charge on any atom is -0.316 e. The SMILES string of the molecule is Cc1cccnc1NC(=O)c1cccc(CC2CCNC2)c1.Cl. The van der Waals surface area contributed by atoms with Crippen molar-refractivity contribution in [2.75, 3.05) is 18.4 Å². The number of carbonyl (C=O) groups is 1. The van der Waals surface area contributed by atoms with Crippen LogP contribution in [0.15, 0.2) is 42.6 Å². The van der Waals surface area contributed by atoms with Crippen molar-refractivity contribution in [1.82, 2.24) is 10.3 Å². The minimum atomic E-state index is -0.104. The van der Waals surface area contributed by atoms with E-state index in [4.69, 9.17) is 0 Å². The average Bonchev–Trinajstić information content (AvgIpc) is 3.03. The van der Waals surface area contributed by atoms with Crippen LogP contribution in [-0.2, 0) is 6.42 Å². The summed E-state index contributed by atoms with van der Waals surface area (Å²) in [7, 11) is 0. The number of amides is 1. The van der Waals surface area contributed by atoms with Crippen LogP contribution in [0, 0.1) is 12.8 Å². The quantitative estimate of drug-likeness (QED) is 0.904. The molecule has 1 fully saturated rings. The number of aryl methyl sites for hydroxylation is 1. The molecule has 1 aromatic heterocycles. The lowest BCUT2D eigenvalue weighted by atomic mass is 9.97. The third kappa shape index (κ3) is 4.53. The molecule has 2 aromatic rings. The molecule has 1 saturated heterocycles. The van der Waals surface area contributed by atoms with E-state index in [9.17, 15) is 4.79 Å². The summed E-state index contributed by atoms with van der Waals surface area (Å²) in [6.45, 7) is 4.11. The summed E-state index contributed by atoms with van der Waals surface area (Å²) in [5.41, 5.74) is 2.87. The summed E-state index contributed by atoms with van der Waals surface area (Å²) in [6, 6.07) is 11.7. The highest BCUT2D eigenvalue weighted by atomic mass is 35.5. The first-order valence-electron chi connectivity index (χ1n) is 7.75. The molecular weight excluding hydrogens is 310 g/mol. The number of hydrogen-bond donors (Lipinski definition) is 2. The van der Waals surface area contributed by atoms with E-state index in [1.165, 1.54) is 12.0 Å². The van der Waals surface area contributed by atoms with Crippen LogP contribution >= 0.6 is 12.4 Å². The predicted molar refractivity (Wildman–Crippen MR) is 95.3 cm³/mol. The molecule has 0 spiro atoms. The number of hydrogen-bond acceptors (Lipinski definition) is 3. The molecule has 0 bridgehead atoms. The molecule has 122 valence electrons. The van der Waals surface area contributed by atoms with Gasteiger partial charge < -0.3 is 10.6 Å². The van der Waals surface area contributed by atoms with Gasteiger partial charge in [0.05, 0.1) is 0 Å². The third-order valence-corrected chi connectivity index (χ3v) is 4.12. The number of anilines is 1. The summed E-state index contributed by atoms with van der Waals surface area (Å²) in [4.78, 5) is 16.6. The molecule has 1 amide bonds. The Labute approximate surface area is 143 Å². The van der Waals surface area contributed by atoms with Crippen LogP contribution in [-0.4, -0.2) is 24.0 Å². The first-order valence-corrected chi connectivity index (χ1v) is 7.75. The third-order valence-electron chi connectivity index (χ3n) is 4.12. The van der Waals surface area contributed by atoms with Crippen LogP contribution in [0.25, 0.3) is 0 Å². The fourth-order valence-corrected chi connectivity index (χ4v) is 2.86. The van der Waals surface area contributed by atoms with Gasteiger partial charge >= 0.3 is 0 Å². The van der Waals surface area contributed by atoms with Crippen LogP contribution in [0.5, 0.6) is 0 Å². The first-order chi connectivity index (χ1) is 10.7. The Bertz CT molecular complexity index is 669. The fourth-order valence-electron chi connectivity index (χ4n) is 2.86. The van der Waals surface area contributed by atoms with E-state index in [0.717, 1.165) is 25.1 Å². The molecule has 3 rings (SSSR count). The maximum Gasteiger partial charge on any atom is 0.256 e. The number of aromatic nitrogens is 1. The summed E-state index contributed by atoms with van der Waals surface area (Å²) < 4.78 is 0. The molecule has 2 N–H and O–H groups in total. The van der Waals surface area contributed by atoms with Crippen LogP contribution in [0.1, 0.15) is 27.9 Å². The highest BCUT2D eigenvalue weighted by Crippen LogP contribution is 2.17. The Kier molecular flexibility index (Phi) is 6.13. The van der Waals surface area contributed by atoms with Crippen molar-refractivity contribution in [2.24, 2.45) is 5.92 Å². The zero-order chi connectivity index (χ0) is 15.4. The van der Waals surface area contributed by atoms with E-state index in [-0.39, 0.29) is 18.3 Å². The van der Waals surface area contributed by atoms with Crippen molar-refractivity contribution in [3.63, 3.8) is 0 Å². The number of carbonyl (C=O) groups excluding carboxylic acids is 1. The highest BCUT2D eigenvalue weighted by Gasteiger charge is 2.16. The van der Waals surface area contributed by atoms with Crippen molar-refractivity contribution in [3.05, 3.63) is 59.3 Å². The Morgan fingerprint density at radius 1 is 1.35 bits per heavy atom. The zero-order valence-electron chi connectivity index (χ0n) is 13.2. The standard InChI is InChI=1S/C18H21N3O.ClH/c1-13-4-3-8-20-17(13)21-18(22)16-6-2-5-14(11-16)10-15-7-9-19-12-15;/h2-6,8,11,15,19H,7,9-10,12H2,1H3,(H,20,21,22);1H. The second-order valence-electron chi connectivity index (χ2n) is 5.89. The lowest BCUT2D eigenvalue weighted by Crippen LogP contribution is -2.15. The molecule has 4 nitrogen and oxygen atoms in total. The number of benzene rings is 1. The van der Waals surface area contributed by atoms with Crippen LogP contribution in [0.3, 0.4) is 0 Å². The number of rotatable bonds is 4.